The van der Waals surface area contributed by atoms with Gasteiger partial charge in [0.25, 0.3) is 0 Å². The summed E-state index contributed by atoms with van der Waals surface area (Å²) in [6.45, 7) is 7.13. The molecule has 0 saturated heterocycles. The molecule has 2 aliphatic rings. The zero-order chi connectivity index (χ0) is 16.9. The summed E-state index contributed by atoms with van der Waals surface area (Å²) in [5.74, 6) is 0. The van der Waals surface area contributed by atoms with E-state index in [1.807, 2.05) is 46.8 Å². The second-order valence-corrected chi connectivity index (χ2v) is 6.56. The Labute approximate surface area is 136 Å². The van der Waals surface area contributed by atoms with Crippen molar-refractivity contribution in [1.29, 1.82) is 0 Å². The molecule has 0 amide bonds. The predicted octanol–water partition coefficient (Wildman–Crippen LogP) is 2.94. The minimum Gasteiger partial charge on any atom is -0.479 e. The standard InChI is InChI=1S/C17H24BFN2O2/c1-11-9-13(3)20-16(11)15(5)17-12(2)10-14(4)21(17)18(20,19)23-8-6-7-22/h9-10,22H,6-8H2,1-5H3. The lowest BCUT2D eigenvalue weighted by molar-refractivity contribution is -0.374. The molecule has 1 unspecified atom stereocenters. The van der Waals surface area contributed by atoms with E-state index in [0.29, 0.717) is 6.42 Å². The van der Waals surface area contributed by atoms with Crippen LogP contribution in [0, 0.1) is 13.8 Å². The van der Waals surface area contributed by atoms with Crippen LogP contribution in [0.15, 0.2) is 23.4 Å². The van der Waals surface area contributed by atoms with Gasteiger partial charge in [-0.3, -0.25) is 0 Å². The highest BCUT2D eigenvalue weighted by Gasteiger charge is 2.54. The van der Waals surface area contributed by atoms with Crippen LogP contribution in [-0.2, 0) is 4.65 Å². The molecule has 0 aliphatic carbocycles. The summed E-state index contributed by atoms with van der Waals surface area (Å²) in [5, 5.41) is 9.02. The molecule has 1 aromatic rings. The van der Waals surface area contributed by atoms with Gasteiger partial charge in [0, 0.05) is 43.1 Å². The first-order valence-electron chi connectivity index (χ1n) is 8.12. The second-order valence-electron chi connectivity index (χ2n) is 6.56. The Morgan fingerprint density at radius 3 is 2.61 bits per heavy atom. The van der Waals surface area contributed by atoms with Gasteiger partial charge in [0.1, 0.15) is 5.71 Å². The summed E-state index contributed by atoms with van der Waals surface area (Å²) >= 11 is 0. The maximum atomic E-state index is 16.3. The van der Waals surface area contributed by atoms with E-state index in [-0.39, 0.29) is 13.2 Å². The van der Waals surface area contributed by atoms with E-state index in [9.17, 15) is 0 Å². The highest BCUT2D eigenvalue weighted by molar-refractivity contribution is 6.59. The maximum absolute atomic E-state index is 16.3. The van der Waals surface area contributed by atoms with Gasteiger partial charge in [-0.25, -0.2) is 0 Å². The van der Waals surface area contributed by atoms with Gasteiger partial charge >= 0.3 is 6.90 Å². The molecule has 23 heavy (non-hydrogen) atoms. The van der Waals surface area contributed by atoms with Crippen LogP contribution >= 0.6 is 0 Å². The van der Waals surface area contributed by atoms with Gasteiger partial charge in [0.15, 0.2) is 5.70 Å². The smallest absolute Gasteiger partial charge is 0.479 e. The summed E-state index contributed by atoms with van der Waals surface area (Å²) in [7, 11) is 0. The fourth-order valence-corrected chi connectivity index (χ4v) is 4.08. The van der Waals surface area contributed by atoms with Gasteiger partial charge in [-0.05, 0) is 51.4 Å². The molecule has 3 heterocycles. The Morgan fingerprint density at radius 1 is 1.26 bits per heavy atom. The normalized spacial score (nSPS) is 23.3. The minimum atomic E-state index is -2.91. The molecular formula is C17H24BFN2O2. The van der Waals surface area contributed by atoms with Crippen LogP contribution in [-0.4, -0.2) is 39.9 Å². The number of hydrogen-bond donors (Lipinski definition) is 1. The molecule has 0 saturated carbocycles. The highest BCUT2D eigenvalue weighted by Crippen LogP contribution is 2.40. The number of aryl methyl sites for hydroxylation is 2. The molecule has 0 bridgehead atoms. The fourth-order valence-electron chi connectivity index (χ4n) is 4.08. The Morgan fingerprint density at radius 2 is 1.96 bits per heavy atom. The molecule has 0 spiro atoms. The lowest BCUT2D eigenvalue weighted by atomic mass is 9.83. The van der Waals surface area contributed by atoms with E-state index in [2.05, 4.69) is 0 Å². The van der Waals surface area contributed by atoms with Crippen molar-refractivity contribution >= 4 is 18.2 Å². The minimum absolute atomic E-state index is 0.00952. The quantitative estimate of drug-likeness (QED) is 0.685. The van der Waals surface area contributed by atoms with E-state index < -0.39 is 6.90 Å². The van der Waals surface area contributed by atoms with Crippen molar-refractivity contribution in [3.05, 3.63) is 40.4 Å². The predicted molar refractivity (Wildman–Crippen MR) is 91.1 cm³/mol. The van der Waals surface area contributed by atoms with E-state index >= 15 is 4.32 Å². The lowest BCUT2D eigenvalue weighted by Gasteiger charge is -2.38. The molecule has 1 N–H and O–H groups in total. The highest BCUT2D eigenvalue weighted by atomic mass is 19.1. The molecule has 0 aromatic carbocycles. The number of fused-ring (bicyclic) bond motifs is 2. The van der Waals surface area contributed by atoms with E-state index in [0.717, 1.165) is 39.5 Å². The molecule has 6 heteroatoms. The van der Waals surface area contributed by atoms with Crippen LogP contribution in [0.25, 0.3) is 5.57 Å². The Hall–Kier alpha value is -1.66. The molecule has 0 fully saturated rings. The summed E-state index contributed by atoms with van der Waals surface area (Å²) < 4.78 is 25.4. The van der Waals surface area contributed by atoms with Gasteiger partial charge < -0.3 is 23.0 Å². The summed E-state index contributed by atoms with van der Waals surface area (Å²) in [4.78, 5) is 0. The Kier molecular flexibility index (Phi) is 3.85. The summed E-state index contributed by atoms with van der Waals surface area (Å²) in [5.41, 5.74) is 6.69. The van der Waals surface area contributed by atoms with Crippen molar-refractivity contribution in [2.24, 2.45) is 0 Å². The van der Waals surface area contributed by atoms with Crippen molar-refractivity contribution in [1.82, 2.24) is 4.48 Å². The monoisotopic (exact) mass is 318 g/mol. The van der Waals surface area contributed by atoms with Crippen molar-refractivity contribution in [3.63, 3.8) is 0 Å². The third-order valence-corrected chi connectivity index (χ3v) is 4.82. The second kappa shape index (κ2) is 5.46. The average molecular weight is 318 g/mol. The molecule has 4 nitrogen and oxygen atoms in total. The van der Waals surface area contributed by atoms with E-state index in [1.54, 1.807) is 8.96 Å². The number of allylic oxidation sites excluding steroid dienone is 3. The molecular weight excluding hydrogens is 294 g/mol. The molecule has 1 aromatic heterocycles. The molecule has 1 atom stereocenters. The number of rotatable bonds is 4. The van der Waals surface area contributed by atoms with Crippen LogP contribution in [0.2, 0.25) is 0 Å². The van der Waals surface area contributed by atoms with Crippen LogP contribution in [0.5, 0.6) is 0 Å². The van der Waals surface area contributed by atoms with Crippen LogP contribution < -0.4 is 0 Å². The van der Waals surface area contributed by atoms with Crippen molar-refractivity contribution in [2.75, 3.05) is 13.2 Å². The molecule has 2 aliphatic heterocycles. The maximum Gasteiger partial charge on any atom is 0.701 e. The number of halogens is 1. The zero-order valence-corrected chi connectivity index (χ0v) is 14.5. The summed E-state index contributed by atoms with van der Waals surface area (Å²) in [6.07, 6.45) is 2.42. The largest absolute Gasteiger partial charge is 0.701 e. The van der Waals surface area contributed by atoms with Gasteiger partial charge in [-0.2, -0.15) is 0 Å². The number of aliphatic hydroxyl groups excluding tert-OH is 1. The third kappa shape index (κ3) is 2.16. The van der Waals surface area contributed by atoms with E-state index in [1.165, 1.54) is 0 Å². The van der Waals surface area contributed by atoms with Gasteiger partial charge in [-0.1, -0.05) is 0 Å². The Bertz CT molecular complexity index is 776. The fraction of sp³-hybridized carbons (Fsp3) is 0.471. The molecule has 0 radical (unpaired) electrons. The first-order valence-corrected chi connectivity index (χ1v) is 8.12. The zero-order valence-electron chi connectivity index (χ0n) is 14.5. The lowest BCUT2D eigenvalue weighted by Crippen LogP contribution is -2.57. The summed E-state index contributed by atoms with van der Waals surface area (Å²) in [6, 6.07) is 2.00. The first kappa shape index (κ1) is 16.2. The Balaban J connectivity index is 2.26. The average Bonchev–Trinajstić information content (AvgIpc) is 2.94. The van der Waals surface area contributed by atoms with Crippen LogP contribution in [0.3, 0.4) is 0 Å². The van der Waals surface area contributed by atoms with Gasteiger partial charge in [0.2, 0.25) is 0 Å². The molecule has 124 valence electrons. The number of nitrogens with zero attached hydrogens (tertiary/aromatic N) is 2. The van der Waals surface area contributed by atoms with Gasteiger partial charge in [0.05, 0.1) is 0 Å². The third-order valence-electron chi connectivity index (χ3n) is 4.82. The van der Waals surface area contributed by atoms with Crippen molar-refractivity contribution in [2.45, 2.75) is 41.0 Å². The molecule has 3 rings (SSSR count). The number of aliphatic hydroxyl groups is 1. The topological polar surface area (TPSA) is 37.4 Å². The first-order chi connectivity index (χ1) is 10.8. The van der Waals surface area contributed by atoms with Crippen LogP contribution in [0.1, 0.15) is 44.1 Å². The van der Waals surface area contributed by atoms with Crippen molar-refractivity contribution in [3.8, 4) is 0 Å². The van der Waals surface area contributed by atoms with Crippen LogP contribution in [0.4, 0.5) is 4.32 Å². The number of aromatic nitrogens is 1. The SMILES string of the molecule is CC1=CC(C)=[N+]2C1=C(C)c1c(C)cc(C)n1[B-]2(F)OCCCO. The van der Waals surface area contributed by atoms with Gasteiger partial charge in [-0.15, -0.1) is 0 Å². The van der Waals surface area contributed by atoms with E-state index in [4.69, 9.17) is 9.76 Å². The van der Waals surface area contributed by atoms with Crippen molar-refractivity contribution < 1.29 is 18.6 Å². The number of hydrogen-bond acceptors (Lipinski definition) is 2.